The van der Waals surface area contributed by atoms with Crippen LogP contribution < -0.4 is 4.90 Å². The maximum atomic E-state index is 9.76. The van der Waals surface area contributed by atoms with Gasteiger partial charge in [-0.25, -0.2) is 15.0 Å². The Hall–Kier alpha value is -2.67. The molecule has 0 bridgehead atoms. The van der Waals surface area contributed by atoms with Gasteiger partial charge >= 0.3 is 0 Å². The van der Waals surface area contributed by atoms with Crippen LogP contribution in [0.15, 0.2) is 30.6 Å². The van der Waals surface area contributed by atoms with Crippen LogP contribution in [0.3, 0.4) is 0 Å². The number of phenolic OH excluding ortho intramolecular Hbond substituents is 1. The van der Waals surface area contributed by atoms with Crippen LogP contribution in [-0.2, 0) is 7.05 Å². The number of phenols is 1. The lowest BCUT2D eigenvalue weighted by Gasteiger charge is -2.33. The van der Waals surface area contributed by atoms with E-state index in [1.165, 1.54) is 0 Å². The molecule has 3 aromatic rings. The van der Waals surface area contributed by atoms with Crippen molar-refractivity contribution in [3.63, 3.8) is 0 Å². The van der Waals surface area contributed by atoms with Crippen LogP contribution in [0.1, 0.15) is 0 Å². The molecule has 0 amide bonds. The van der Waals surface area contributed by atoms with Gasteiger partial charge < -0.3 is 19.5 Å². The Morgan fingerprint density at radius 1 is 1.04 bits per heavy atom. The Bertz CT molecular complexity index is 882. The van der Waals surface area contributed by atoms with Gasteiger partial charge in [0.1, 0.15) is 5.75 Å². The number of aromatic nitrogens is 4. The van der Waals surface area contributed by atoms with Crippen LogP contribution in [0.5, 0.6) is 5.75 Å². The van der Waals surface area contributed by atoms with Gasteiger partial charge in [0.05, 0.1) is 6.33 Å². The maximum absolute atomic E-state index is 9.76. The molecule has 3 heterocycles. The molecule has 0 aliphatic carbocycles. The number of imidazole rings is 1. The topological polar surface area (TPSA) is 70.3 Å². The highest BCUT2D eigenvalue weighted by Crippen LogP contribution is 2.28. The van der Waals surface area contributed by atoms with Crippen LogP contribution in [-0.4, -0.2) is 62.8 Å². The molecule has 4 rings (SSSR count). The minimum Gasteiger partial charge on any atom is -0.508 e. The average Bonchev–Trinajstić information content (AvgIpc) is 2.96. The second-order valence-electron chi connectivity index (χ2n) is 6.24. The molecule has 0 atom stereocenters. The zero-order chi connectivity index (χ0) is 16.7. The normalized spacial score (nSPS) is 16.0. The largest absolute Gasteiger partial charge is 0.508 e. The van der Waals surface area contributed by atoms with Crippen molar-refractivity contribution < 1.29 is 5.11 Å². The summed E-state index contributed by atoms with van der Waals surface area (Å²) < 4.78 is 1.91. The van der Waals surface area contributed by atoms with Crippen molar-refractivity contribution in [3.8, 4) is 17.1 Å². The number of rotatable bonds is 2. The number of anilines is 1. The molecule has 0 saturated carbocycles. The number of likely N-dealkylation sites (N-methyl/N-ethyl adjacent to an activating group) is 1. The molecule has 124 valence electrons. The molecular weight excluding hydrogens is 304 g/mol. The molecule has 0 spiro atoms. The van der Waals surface area contributed by atoms with Gasteiger partial charge in [0.25, 0.3) is 0 Å². The SMILES string of the molecule is CN1CCN(c2nc(-c3cccc(O)c3)nc3c2ncn3C)CC1. The van der Waals surface area contributed by atoms with Crippen molar-refractivity contribution in [2.75, 3.05) is 38.1 Å². The average molecular weight is 324 g/mol. The Kier molecular flexibility index (Phi) is 3.57. The Morgan fingerprint density at radius 2 is 1.83 bits per heavy atom. The molecule has 24 heavy (non-hydrogen) atoms. The van der Waals surface area contributed by atoms with E-state index in [1.54, 1.807) is 24.5 Å². The summed E-state index contributed by atoms with van der Waals surface area (Å²) in [6.07, 6.45) is 1.77. The zero-order valence-corrected chi connectivity index (χ0v) is 13.8. The molecular formula is C17H20N6O. The van der Waals surface area contributed by atoms with Crippen LogP contribution in [0.4, 0.5) is 5.82 Å². The van der Waals surface area contributed by atoms with Gasteiger partial charge in [0, 0.05) is 38.8 Å². The molecule has 1 aromatic carbocycles. The summed E-state index contributed by atoms with van der Waals surface area (Å²) in [6, 6.07) is 7.04. The minimum atomic E-state index is 0.211. The monoisotopic (exact) mass is 324 g/mol. The van der Waals surface area contributed by atoms with E-state index in [4.69, 9.17) is 4.98 Å². The lowest BCUT2D eigenvalue weighted by molar-refractivity contribution is 0.312. The van der Waals surface area contributed by atoms with Gasteiger partial charge in [-0.1, -0.05) is 12.1 Å². The fourth-order valence-corrected chi connectivity index (χ4v) is 3.00. The van der Waals surface area contributed by atoms with Gasteiger partial charge in [-0.3, -0.25) is 0 Å². The maximum Gasteiger partial charge on any atom is 0.165 e. The van der Waals surface area contributed by atoms with Crippen molar-refractivity contribution in [1.29, 1.82) is 0 Å². The summed E-state index contributed by atoms with van der Waals surface area (Å²) in [7, 11) is 4.06. The number of hydrogen-bond donors (Lipinski definition) is 1. The van der Waals surface area contributed by atoms with Crippen LogP contribution in [0, 0.1) is 0 Å². The first-order valence-electron chi connectivity index (χ1n) is 8.04. The van der Waals surface area contributed by atoms with Gasteiger partial charge in [-0.05, 0) is 19.2 Å². The summed E-state index contributed by atoms with van der Waals surface area (Å²) in [5, 5.41) is 9.76. The van der Waals surface area contributed by atoms with Crippen molar-refractivity contribution in [1.82, 2.24) is 24.4 Å². The molecule has 0 unspecified atom stereocenters. The first kappa shape index (κ1) is 14.9. The first-order chi connectivity index (χ1) is 11.6. The van der Waals surface area contributed by atoms with Crippen molar-refractivity contribution in [2.24, 2.45) is 7.05 Å². The predicted molar refractivity (Wildman–Crippen MR) is 93.1 cm³/mol. The Balaban J connectivity index is 1.86. The lowest BCUT2D eigenvalue weighted by Crippen LogP contribution is -2.45. The molecule has 7 nitrogen and oxygen atoms in total. The van der Waals surface area contributed by atoms with E-state index in [-0.39, 0.29) is 5.75 Å². The number of aryl methyl sites for hydroxylation is 1. The number of aromatic hydroxyl groups is 1. The molecule has 2 aromatic heterocycles. The van der Waals surface area contributed by atoms with E-state index in [9.17, 15) is 5.11 Å². The van der Waals surface area contributed by atoms with Crippen molar-refractivity contribution >= 4 is 17.0 Å². The second-order valence-corrected chi connectivity index (χ2v) is 6.24. The molecule has 1 aliphatic rings. The summed E-state index contributed by atoms with van der Waals surface area (Å²) in [4.78, 5) is 18.5. The highest BCUT2D eigenvalue weighted by atomic mass is 16.3. The van der Waals surface area contributed by atoms with Crippen LogP contribution in [0.2, 0.25) is 0 Å². The lowest BCUT2D eigenvalue weighted by atomic mass is 10.2. The third-order valence-corrected chi connectivity index (χ3v) is 4.45. The fourth-order valence-electron chi connectivity index (χ4n) is 3.00. The van der Waals surface area contributed by atoms with Crippen LogP contribution >= 0.6 is 0 Å². The molecule has 1 aliphatic heterocycles. The summed E-state index contributed by atoms with van der Waals surface area (Å²) >= 11 is 0. The van der Waals surface area contributed by atoms with Gasteiger partial charge in [-0.15, -0.1) is 0 Å². The Morgan fingerprint density at radius 3 is 2.58 bits per heavy atom. The summed E-state index contributed by atoms with van der Waals surface area (Å²) in [6.45, 7) is 3.83. The smallest absolute Gasteiger partial charge is 0.165 e. The van der Waals surface area contributed by atoms with Crippen molar-refractivity contribution in [2.45, 2.75) is 0 Å². The molecule has 0 radical (unpaired) electrons. The van der Waals surface area contributed by atoms with E-state index in [0.717, 1.165) is 48.7 Å². The zero-order valence-electron chi connectivity index (χ0n) is 13.8. The van der Waals surface area contributed by atoms with Gasteiger partial charge in [0.15, 0.2) is 22.8 Å². The van der Waals surface area contributed by atoms with E-state index >= 15 is 0 Å². The standard InChI is InChI=1S/C17H20N6O/c1-21-6-8-23(9-7-21)17-14-16(22(2)11-18-14)19-15(20-17)12-4-3-5-13(24)10-12/h3-5,10-11,24H,6-9H2,1-2H3. The second kappa shape index (κ2) is 5.76. The minimum absolute atomic E-state index is 0.211. The number of benzene rings is 1. The van der Waals surface area contributed by atoms with Gasteiger partial charge in [-0.2, -0.15) is 0 Å². The molecule has 1 N–H and O–H groups in total. The van der Waals surface area contributed by atoms with Crippen LogP contribution in [0.25, 0.3) is 22.6 Å². The first-order valence-corrected chi connectivity index (χ1v) is 8.04. The van der Waals surface area contributed by atoms with Gasteiger partial charge in [0.2, 0.25) is 0 Å². The predicted octanol–water partition coefficient (Wildman–Crippen LogP) is 1.49. The van der Waals surface area contributed by atoms with E-state index in [0.29, 0.717) is 5.82 Å². The van der Waals surface area contributed by atoms with Crippen molar-refractivity contribution in [3.05, 3.63) is 30.6 Å². The number of piperazine rings is 1. The highest BCUT2D eigenvalue weighted by Gasteiger charge is 2.21. The fraction of sp³-hybridized carbons (Fsp3) is 0.353. The summed E-state index contributed by atoms with van der Waals surface area (Å²) in [5.41, 5.74) is 2.43. The number of nitrogens with zero attached hydrogens (tertiary/aromatic N) is 6. The third-order valence-electron chi connectivity index (χ3n) is 4.45. The summed E-state index contributed by atoms with van der Waals surface area (Å²) in [5.74, 6) is 1.69. The van der Waals surface area contributed by atoms with E-state index < -0.39 is 0 Å². The number of hydrogen-bond acceptors (Lipinski definition) is 6. The third kappa shape index (κ3) is 2.56. The highest BCUT2D eigenvalue weighted by molar-refractivity contribution is 5.85. The number of fused-ring (bicyclic) bond motifs is 1. The Labute approximate surface area is 140 Å². The van der Waals surface area contributed by atoms with E-state index in [2.05, 4.69) is 26.8 Å². The molecule has 1 fully saturated rings. The quantitative estimate of drug-likeness (QED) is 0.770. The molecule has 7 heteroatoms. The molecule has 1 saturated heterocycles. The van der Waals surface area contributed by atoms with E-state index in [1.807, 2.05) is 17.7 Å².